The van der Waals surface area contributed by atoms with Crippen molar-refractivity contribution >= 4 is 0 Å². The van der Waals surface area contributed by atoms with Gasteiger partial charge >= 0.3 is 0 Å². The van der Waals surface area contributed by atoms with Crippen LogP contribution in [0, 0.1) is 0 Å². The van der Waals surface area contributed by atoms with Crippen molar-refractivity contribution in [3.8, 4) is 0 Å². The minimum Gasteiger partial charge on any atom is -0.321 e. The lowest BCUT2D eigenvalue weighted by Gasteiger charge is -2.37. The number of hydrogen-bond acceptors (Lipinski definition) is 0. The van der Waals surface area contributed by atoms with E-state index < -0.39 is 0 Å². The second kappa shape index (κ2) is 15.6. The maximum Gasteiger partial charge on any atom is 0.0971 e. The summed E-state index contributed by atoms with van der Waals surface area (Å²) in [6, 6.07) is 0. The van der Waals surface area contributed by atoms with Crippen molar-refractivity contribution < 1.29 is 4.48 Å². The topological polar surface area (TPSA) is 0 Å². The van der Waals surface area contributed by atoms with Gasteiger partial charge in [0.15, 0.2) is 0 Å². The zero-order valence-corrected chi connectivity index (χ0v) is 16.0. The van der Waals surface area contributed by atoms with Crippen molar-refractivity contribution in [2.45, 2.75) is 97.8 Å². The maximum absolute atomic E-state index is 4.02. The minimum absolute atomic E-state index is 1.17. The molecule has 0 aliphatic carbocycles. The third kappa shape index (κ3) is 11.3. The summed E-state index contributed by atoms with van der Waals surface area (Å²) in [6.45, 7) is 16.1. The summed E-state index contributed by atoms with van der Waals surface area (Å²) >= 11 is 0. The summed E-state index contributed by atoms with van der Waals surface area (Å²) in [5.41, 5.74) is 0. The van der Waals surface area contributed by atoms with E-state index in [1.165, 1.54) is 108 Å². The Bertz CT molecular complexity index is 218. The largest absolute Gasteiger partial charge is 0.321 e. The van der Waals surface area contributed by atoms with Crippen LogP contribution in [-0.2, 0) is 0 Å². The molecule has 0 radical (unpaired) electrons. The van der Waals surface area contributed by atoms with E-state index in [4.69, 9.17) is 0 Å². The molecule has 0 spiro atoms. The summed E-state index contributed by atoms with van der Waals surface area (Å²) in [6.07, 6.45) is 19.1. The van der Waals surface area contributed by atoms with Crippen LogP contribution in [0.1, 0.15) is 97.8 Å². The lowest BCUT2D eigenvalue weighted by Crippen LogP contribution is -2.49. The normalized spacial score (nSPS) is 11.8. The highest BCUT2D eigenvalue weighted by Crippen LogP contribution is 2.15. The lowest BCUT2D eigenvalue weighted by atomic mass is 10.1. The van der Waals surface area contributed by atoms with Gasteiger partial charge in [0.25, 0.3) is 0 Å². The number of likely N-dealkylation sites (N-methyl/N-ethyl adjacent to an activating group) is 1. The first-order valence-electron chi connectivity index (χ1n) is 10.2. The highest BCUT2D eigenvalue weighted by Gasteiger charge is 2.22. The van der Waals surface area contributed by atoms with E-state index in [1.54, 1.807) is 0 Å². The predicted molar refractivity (Wildman–Crippen MR) is 102 cm³/mol. The molecule has 0 unspecified atom stereocenters. The molecule has 132 valence electrons. The van der Waals surface area contributed by atoms with Gasteiger partial charge in [0.1, 0.15) is 0 Å². The molecular weight excluding hydrogens is 266 g/mol. The fourth-order valence-corrected chi connectivity index (χ4v) is 3.47. The number of unbranched alkanes of at least 4 members (excludes halogenated alkanes) is 10. The van der Waals surface area contributed by atoms with Crippen molar-refractivity contribution in [2.24, 2.45) is 0 Å². The van der Waals surface area contributed by atoms with Gasteiger partial charge in [-0.3, -0.25) is 0 Å². The lowest BCUT2D eigenvalue weighted by molar-refractivity contribution is -0.921. The molecule has 0 N–H and O–H groups in total. The Balaban J connectivity index is 3.97. The van der Waals surface area contributed by atoms with Gasteiger partial charge in [0, 0.05) is 0 Å². The molecule has 0 fully saturated rings. The molecule has 0 aromatic rings. The van der Waals surface area contributed by atoms with Crippen LogP contribution in [0.3, 0.4) is 0 Å². The molecule has 0 aliphatic rings. The van der Waals surface area contributed by atoms with Gasteiger partial charge in [-0.05, 0) is 38.7 Å². The van der Waals surface area contributed by atoms with E-state index in [0.29, 0.717) is 0 Å². The van der Waals surface area contributed by atoms with Crippen LogP contribution < -0.4 is 0 Å². The summed E-state index contributed by atoms with van der Waals surface area (Å²) in [5, 5.41) is 0. The Morgan fingerprint density at radius 2 is 1.05 bits per heavy atom. The Hall–Kier alpha value is -0.300. The predicted octanol–water partition coefficient (Wildman–Crippen LogP) is 6.73. The highest BCUT2D eigenvalue weighted by atomic mass is 15.3. The standard InChI is InChI=1S/C21H44N/c1-5-9-11-13-15-17-20-22(8-4,19-7-3)21-18-16-14-12-10-6-2/h7H,3,5-6,8-21H2,1-2,4H3/q+1. The van der Waals surface area contributed by atoms with Crippen LogP contribution in [0.25, 0.3) is 0 Å². The van der Waals surface area contributed by atoms with Gasteiger partial charge < -0.3 is 4.48 Å². The first-order valence-corrected chi connectivity index (χ1v) is 10.2. The highest BCUT2D eigenvalue weighted by molar-refractivity contribution is 4.66. The fourth-order valence-electron chi connectivity index (χ4n) is 3.47. The SMILES string of the molecule is C=CC[N+](CC)(CCCCCCCC)CCCCCCCC. The second-order valence-electron chi connectivity index (χ2n) is 7.11. The van der Waals surface area contributed by atoms with Crippen molar-refractivity contribution in [1.82, 2.24) is 0 Å². The second-order valence-corrected chi connectivity index (χ2v) is 7.11. The number of nitrogens with zero attached hydrogens (tertiary/aromatic N) is 1. The summed E-state index contributed by atoms with van der Waals surface area (Å²) in [5.74, 6) is 0. The van der Waals surface area contributed by atoms with E-state index >= 15 is 0 Å². The Morgan fingerprint density at radius 1 is 0.636 bits per heavy atom. The van der Waals surface area contributed by atoms with E-state index in [0.717, 1.165) is 0 Å². The molecule has 22 heavy (non-hydrogen) atoms. The Morgan fingerprint density at radius 3 is 1.41 bits per heavy atom. The molecular formula is C21H44N+. The van der Waals surface area contributed by atoms with Crippen molar-refractivity contribution in [2.75, 3.05) is 26.2 Å². The molecule has 0 rings (SSSR count). The molecule has 0 aromatic heterocycles. The van der Waals surface area contributed by atoms with Crippen molar-refractivity contribution in [3.63, 3.8) is 0 Å². The van der Waals surface area contributed by atoms with Gasteiger partial charge in [-0.1, -0.05) is 71.8 Å². The van der Waals surface area contributed by atoms with Crippen LogP contribution in [0.15, 0.2) is 12.7 Å². The van der Waals surface area contributed by atoms with Crippen LogP contribution in [0.5, 0.6) is 0 Å². The average Bonchev–Trinajstić information content (AvgIpc) is 2.54. The molecule has 1 heteroatoms. The summed E-state index contributed by atoms with van der Waals surface area (Å²) < 4.78 is 1.28. The van der Waals surface area contributed by atoms with Crippen molar-refractivity contribution in [3.05, 3.63) is 12.7 Å². The van der Waals surface area contributed by atoms with Crippen molar-refractivity contribution in [1.29, 1.82) is 0 Å². The quantitative estimate of drug-likeness (QED) is 0.159. The number of quaternary nitrogens is 1. The molecule has 0 aliphatic heterocycles. The Kier molecular flexibility index (Phi) is 15.4. The van der Waals surface area contributed by atoms with Gasteiger partial charge in [-0.2, -0.15) is 0 Å². The molecule has 0 saturated carbocycles. The Labute approximate surface area is 141 Å². The zero-order valence-electron chi connectivity index (χ0n) is 16.0. The van der Waals surface area contributed by atoms with Gasteiger partial charge in [0.2, 0.25) is 0 Å². The van der Waals surface area contributed by atoms with Crippen LogP contribution in [-0.4, -0.2) is 30.7 Å². The molecule has 1 nitrogen and oxygen atoms in total. The molecule has 0 saturated heterocycles. The van der Waals surface area contributed by atoms with Crippen LogP contribution in [0.2, 0.25) is 0 Å². The zero-order chi connectivity index (χ0) is 16.5. The number of rotatable bonds is 17. The molecule has 0 amide bonds. The summed E-state index contributed by atoms with van der Waals surface area (Å²) in [4.78, 5) is 0. The molecule has 0 aromatic carbocycles. The molecule has 0 bridgehead atoms. The fraction of sp³-hybridized carbons (Fsp3) is 0.905. The van der Waals surface area contributed by atoms with Gasteiger partial charge in [0.05, 0.1) is 26.2 Å². The first kappa shape index (κ1) is 21.7. The van der Waals surface area contributed by atoms with E-state index in [2.05, 4.69) is 33.4 Å². The van der Waals surface area contributed by atoms with Crippen LogP contribution in [0.4, 0.5) is 0 Å². The monoisotopic (exact) mass is 310 g/mol. The molecule has 0 atom stereocenters. The third-order valence-corrected chi connectivity index (χ3v) is 5.16. The van der Waals surface area contributed by atoms with Gasteiger partial charge in [-0.15, -0.1) is 0 Å². The maximum atomic E-state index is 4.02. The van der Waals surface area contributed by atoms with E-state index in [9.17, 15) is 0 Å². The molecule has 0 heterocycles. The van der Waals surface area contributed by atoms with E-state index in [-0.39, 0.29) is 0 Å². The average molecular weight is 311 g/mol. The minimum atomic E-state index is 1.17. The third-order valence-electron chi connectivity index (χ3n) is 5.16. The summed E-state index contributed by atoms with van der Waals surface area (Å²) in [7, 11) is 0. The van der Waals surface area contributed by atoms with Gasteiger partial charge in [-0.25, -0.2) is 0 Å². The van der Waals surface area contributed by atoms with Crippen LogP contribution >= 0.6 is 0 Å². The first-order chi connectivity index (χ1) is 10.7. The smallest absolute Gasteiger partial charge is 0.0971 e. The number of hydrogen-bond donors (Lipinski definition) is 0. The van der Waals surface area contributed by atoms with E-state index in [1.807, 2.05) is 0 Å².